The van der Waals surface area contributed by atoms with Gasteiger partial charge in [-0.15, -0.1) is 0 Å². The average Bonchev–Trinajstić information content (AvgIpc) is 3.25. The van der Waals surface area contributed by atoms with Crippen molar-refractivity contribution in [2.45, 2.75) is 69.4 Å². The van der Waals surface area contributed by atoms with Gasteiger partial charge in [-0.3, -0.25) is 19.4 Å². The quantitative estimate of drug-likeness (QED) is 0.362. The number of aryl methyl sites for hydroxylation is 1. The van der Waals surface area contributed by atoms with E-state index in [1.165, 1.54) is 12.0 Å². The lowest BCUT2D eigenvalue weighted by Crippen LogP contribution is -2.53. The van der Waals surface area contributed by atoms with Crippen LogP contribution in [-0.2, 0) is 20.8 Å². The molecule has 9 nitrogen and oxygen atoms in total. The van der Waals surface area contributed by atoms with E-state index < -0.39 is 36.1 Å². The molecule has 3 rings (SSSR count). The standard InChI is InChI=1S/C17H30F3N5O3.C9H10O/c1-11(17(18,19)20)25(9-12(10-26)23-15(27)8-22-2)7-6-13-4-5-14(16(21)28)24(13)3;1-2-6-9-8(4-1)5-3-7-10-9/h10-14,22H,4-9H2,1-3H3,(H2,21,28)(H,23,27);1-2,4,6H,3,5,7H2. The number of alkyl halides is 3. The van der Waals surface area contributed by atoms with Crippen LogP contribution >= 0.6 is 0 Å². The molecule has 0 spiro atoms. The summed E-state index contributed by atoms with van der Waals surface area (Å²) in [7, 11) is 3.28. The van der Waals surface area contributed by atoms with Gasteiger partial charge >= 0.3 is 6.18 Å². The number of nitrogens with one attached hydrogen (secondary N) is 2. The zero-order valence-electron chi connectivity index (χ0n) is 22.3. The first-order chi connectivity index (χ1) is 18.0. The van der Waals surface area contributed by atoms with Gasteiger partial charge in [0.2, 0.25) is 11.8 Å². The second kappa shape index (κ2) is 15.0. The van der Waals surface area contributed by atoms with E-state index in [1.807, 2.05) is 12.1 Å². The number of carbonyl (C=O) groups excluding carboxylic acids is 3. The van der Waals surface area contributed by atoms with Crippen LogP contribution in [0.2, 0.25) is 0 Å². The predicted molar refractivity (Wildman–Crippen MR) is 138 cm³/mol. The Morgan fingerprint density at radius 1 is 1.29 bits per heavy atom. The van der Waals surface area contributed by atoms with E-state index in [0.29, 0.717) is 25.5 Å². The summed E-state index contributed by atoms with van der Waals surface area (Å²) in [6, 6.07) is 4.93. The lowest BCUT2D eigenvalue weighted by atomic mass is 10.1. The zero-order chi connectivity index (χ0) is 28.3. The van der Waals surface area contributed by atoms with Crippen LogP contribution in [-0.4, -0.2) is 98.6 Å². The second-order valence-corrected chi connectivity index (χ2v) is 9.72. The van der Waals surface area contributed by atoms with Crippen molar-refractivity contribution in [3.8, 4) is 5.75 Å². The van der Waals surface area contributed by atoms with E-state index >= 15 is 0 Å². The number of hydrogen-bond acceptors (Lipinski definition) is 7. The first-order valence-corrected chi connectivity index (χ1v) is 12.9. The number of rotatable bonds is 11. The summed E-state index contributed by atoms with van der Waals surface area (Å²) in [5.74, 6) is 0.159. The molecular weight excluding hydrogens is 503 g/mol. The molecule has 0 saturated carbocycles. The zero-order valence-corrected chi connectivity index (χ0v) is 22.3. The highest BCUT2D eigenvalue weighted by Crippen LogP contribution is 2.28. The van der Waals surface area contributed by atoms with Gasteiger partial charge in [0.15, 0.2) is 0 Å². The van der Waals surface area contributed by atoms with Crippen molar-refractivity contribution in [2.75, 3.05) is 40.3 Å². The number of halogens is 3. The number of nitrogens with two attached hydrogens (primary N) is 1. The molecule has 4 unspecified atom stereocenters. The Labute approximate surface area is 222 Å². The summed E-state index contributed by atoms with van der Waals surface area (Å²) >= 11 is 0. The van der Waals surface area contributed by atoms with Gasteiger partial charge in [-0.1, -0.05) is 18.2 Å². The van der Waals surface area contributed by atoms with Crippen molar-refractivity contribution in [2.24, 2.45) is 5.73 Å². The van der Waals surface area contributed by atoms with Crippen LogP contribution in [0.1, 0.15) is 38.2 Å². The fourth-order valence-corrected chi connectivity index (χ4v) is 4.76. The highest BCUT2D eigenvalue weighted by Gasteiger charge is 2.41. The van der Waals surface area contributed by atoms with E-state index in [-0.39, 0.29) is 25.7 Å². The van der Waals surface area contributed by atoms with Crippen LogP contribution in [0.5, 0.6) is 5.75 Å². The molecule has 2 amide bonds. The van der Waals surface area contributed by atoms with Crippen LogP contribution in [0.15, 0.2) is 24.3 Å². The van der Waals surface area contributed by atoms with E-state index in [2.05, 4.69) is 22.8 Å². The summed E-state index contributed by atoms with van der Waals surface area (Å²) in [5.41, 5.74) is 6.70. The van der Waals surface area contributed by atoms with Crippen molar-refractivity contribution >= 4 is 18.1 Å². The predicted octanol–water partition coefficient (Wildman–Crippen LogP) is 1.49. The number of fused-ring (bicyclic) bond motifs is 1. The number of para-hydroxylation sites is 1. The van der Waals surface area contributed by atoms with E-state index in [1.54, 1.807) is 19.0 Å². The summed E-state index contributed by atoms with van der Waals surface area (Å²) in [6.07, 6.45) is -0.0745. The molecule has 1 aromatic carbocycles. The van der Waals surface area contributed by atoms with Crippen LogP contribution in [0, 0.1) is 0 Å². The van der Waals surface area contributed by atoms with Gasteiger partial charge in [0, 0.05) is 19.1 Å². The number of carbonyl (C=O) groups is 3. The Kier molecular flexibility index (Phi) is 12.5. The third-order valence-electron chi connectivity index (χ3n) is 7.04. The van der Waals surface area contributed by atoms with Crippen molar-refractivity contribution in [1.82, 2.24) is 20.4 Å². The number of aldehydes is 1. The maximum absolute atomic E-state index is 13.3. The van der Waals surface area contributed by atoms with E-state index in [9.17, 15) is 27.6 Å². The molecule has 0 aliphatic carbocycles. The second-order valence-electron chi connectivity index (χ2n) is 9.72. The molecule has 2 heterocycles. The molecule has 1 saturated heterocycles. The molecule has 0 bridgehead atoms. The Morgan fingerprint density at radius 2 is 2.00 bits per heavy atom. The van der Waals surface area contributed by atoms with E-state index in [4.69, 9.17) is 10.5 Å². The minimum Gasteiger partial charge on any atom is -0.493 e. The van der Waals surface area contributed by atoms with Crippen molar-refractivity contribution in [3.05, 3.63) is 29.8 Å². The summed E-state index contributed by atoms with van der Waals surface area (Å²) < 4.78 is 45.3. The van der Waals surface area contributed by atoms with Crippen molar-refractivity contribution in [1.29, 1.82) is 0 Å². The van der Waals surface area contributed by atoms with Crippen molar-refractivity contribution in [3.63, 3.8) is 0 Å². The number of benzene rings is 1. The normalized spacial score (nSPS) is 20.9. The Bertz CT molecular complexity index is 892. The van der Waals surface area contributed by atoms with Gasteiger partial charge in [0.25, 0.3) is 0 Å². The maximum Gasteiger partial charge on any atom is 0.403 e. The minimum atomic E-state index is -4.47. The lowest BCUT2D eigenvalue weighted by Gasteiger charge is -2.34. The largest absolute Gasteiger partial charge is 0.493 e. The van der Waals surface area contributed by atoms with Gasteiger partial charge in [-0.05, 0) is 64.8 Å². The third-order valence-corrected chi connectivity index (χ3v) is 7.04. The number of hydrogen-bond donors (Lipinski definition) is 3. The topological polar surface area (TPSA) is 117 Å². The fraction of sp³-hybridized carbons (Fsp3) is 0.654. The molecule has 0 aromatic heterocycles. The molecule has 1 aromatic rings. The average molecular weight is 544 g/mol. The van der Waals surface area contributed by atoms with Gasteiger partial charge in [-0.25, -0.2) is 0 Å². The molecule has 214 valence electrons. The number of amides is 2. The Hall–Kier alpha value is -2.70. The number of ether oxygens (including phenoxy) is 1. The molecule has 2 aliphatic heterocycles. The third kappa shape index (κ3) is 9.55. The molecule has 4 atom stereocenters. The first kappa shape index (κ1) is 31.5. The monoisotopic (exact) mass is 543 g/mol. The molecule has 12 heteroatoms. The molecule has 2 aliphatic rings. The summed E-state index contributed by atoms with van der Waals surface area (Å²) in [4.78, 5) is 37.3. The molecule has 38 heavy (non-hydrogen) atoms. The molecule has 1 fully saturated rings. The highest BCUT2D eigenvalue weighted by molar-refractivity contribution is 5.81. The van der Waals surface area contributed by atoms with Crippen LogP contribution in [0.25, 0.3) is 0 Å². The van der Waals surface area contributed by atoms with Gasteiger partial charge in [-0.2, -0.15) is 13.2 Å². The highest BCUT2D eigenvalue weighted by atomic mass is 19.4. The smallest absolute Gasteiger partial charge is 0.403 e. The van der Waals surface area contributed by atoms with Crippen LogP contribution < -0.4 is 21.1 Å². The van der Waals surface area contributed by atoms with Gasteiger partial charge in [0.1, 0.15) is 18.1 Å². The van der Waals surface area contributed by atoms with Crippen LogP contribution in [0.4, 0.5) is 13.2 Å². The first-order valence-electron chi connectivity index (χ1n) is 12.9. The number of primary amides is 1. The van der Waals surface area contributed by atoms with Gasteiger partial charge < -0.3 is 25.9 Å². The van der Waals surface area contributed by atoms with Crippen LogP contribution in [0.3, 0.4) is 0 Å². The van der Waals surface area contributed by atoms with Crippen molar-refractivity contribution < 1.29 is 32.3 Å². The molecule has 0 radical (unpaired) electrons. The Morgan fingerprint density at radius 3 is 2.58 bits per heavy atom. The Balaban J connectivity index is 0.000000415. The van der Waals surface area contributed by atoms with E-state index in [0.717, 1.165) is 30.6 Å². The summed E-state index contributed by atoms with van der Waals surface area (Å²) in [5, 5.41) is 5.03. The van der Waals surface area contributed by atoms with Gasteiger partial charge in [0.05, 0.1) is 25.2 Å². The molecule has 4 N–H and O–H groups in total. The number of likely N-dealkylation sites (N-methyl/N-ethyl adjacent to an activating group) is 2. The number of likely N-dealkylation sites (tertiary alicyclic amines) is 1. The SMILES string of the molecule is CNCC(=O)NC(C=O)CN(CCC1CCC(C(N)=O)N1C)C(C)C(F)(F)F.c1ccc2c(c1)CCCO2. The minimum absolute atomic E-state index is 0.0411. The molecular formula is C26H40F3N5O4. The lowest BCUT2D eigenvalue weighted by molar-refractivity contribution is -0.180. The fourth-order valence-electron chi connectivity index (χ4n) is 4.76. The number of nitrogens with zero attached hydrogens (tertiary/aromatic N) is 2. The summed E-state index contributed by atoms with van der Waals surface area (Å²) in [6.45, 7) is 1.68. The maximum atomic E-state index is 13.3.